The number of alkyl halides is 2. The topological polar surface area (TPSA) is 77.7 Å². The van der Waals surface area contributed by atoms with Crippen LogP contribution in [0.15, 0.2) is 28.8 Å². The zero-order chi connectivity index (χ0) is 16.8. The molecule has 0 radical (unpaired) electrons. The third-order valence-corrected chi connectivity index (χ3v) is 2.82. The van der Waals surface area contributed by atoms with Gasteiger partial charge in [-0.2, -0.15) is 13.8 Å². The molecule has 1 amide bonds. The molecule has 1 aromatic heterocycles. The summed E-state index contributed by atoms with van der Waals surface area (Å²) >= 11 is 0. The van der Waals surface area contributed by atoms with Gasteiger partial charge in [0.25, 0.3) is 5.91 Å². The van der Waals surface area contributed by atoms with Gasteiger partial charge in [0, 0.05) is 13.6 Å². The van der Waals surface area contributed by atoms with E-state index in [1.165, 1.54) is 17.0 Å². The fourth-order valence-corrected chi connectivity index (χ4v) is 1.71. The van der Waals surface area contributed by atoms with Crippen molar-refractivity contribution in [3.63, 3.8) is 0 Å². The second-order valence-electron chi connectivity index (χ2n) is 4.67. The summed E-state index contributed by atoms with van der Waals surface area (Å²) in [6.45, 7) is -1.19. The summed E-state index contributed by atoms with van der Waals surface area (Å²) in [4.78, 5) is 17.2. The fraction of sp³-hybridized carbons (Fsp3) is 0.357. The quantitative estimate of drug-likeness (QED) is 0.774. The monoisotopic (exact) mass is 327 g/mol. The Morgan fingerprint density at radius 1 is 1.35 bits per heavy atom. The molecule has 0 unspecified atom stereocenters. The van der Waals surface area contributed by atoms with E-state index in [0.717, 1.165) is 5.56 Å². The van der Waals surface area contributed by atoms with Gasteiger partial charge in [-0.15, -0.1) is 0 Å². The summed E-state index contributed by atoms with van der Waals surface area (Å²) < 4.78 is 38.2. The lowest BCUT2D eigenvalue weighted by atomic mass is 10.2. The van der Waals surface area contributed by atoms with E-state index in [0.29, 0.717) is 12.4 Å². The lowest BCUT2D eigenvalue weighted by molar-refractivity contribution is -0.133. The number of likely N-dealkylation sites (N-methyl/N-ethyl adjacent to an activating group) is 1. The Kier molecular flexibility index (Phi) is 5.45. The van der Waals surface area contributed by atoms with E-state index in [4.69, 9.17) is 9.26 Å². The van der Waals surface area contributed by atoms with E-state index in [1.54, 1.807) is 26.1 Å². The molecule has 1 aromatic carbocycles. The van der Waals surface area contributed by atoms with E-state index in [1.807, 2.05) is 0 Å². The van der Waals surface area contributed by atoms with Gasteiger partial charge in [0.2, 0.25) is 0 Å². The molecule has 9 heteroatoms. The minimum absolute atomic E-state index is 0.0628. The molecule has 1 heterocycles. The molecule has 0 atom stereocenters. The number of amides is 1. The Hall–Kier alpha value is -2.71. The summed E-state index contributed by atoms with van der Waals surface area (Å²) in [5, 5.41) is 3.53. The summed E-state index contributed by atoms with van der Waals surface area (Å²) in [5.41, 5.74) is 0.760. The number of benzene rings is 1. The van der Waals surface area contributed by atoms with Gasteiger partial charge in [-0.25, -0.2) is 0 Å². The average Bonchev–Trinajstić information content (AvgIpc) is 2.92. The smallest absolute Gasteiger partial charge is 0.417 e. The molecule has 7 nitrogen and oxygen atoms in total. The van der Waals surface area contributed by atoms with Crippen molar-refractivity contribution in [2.45, 2.75) is 20.1 Å². The third kappa shape index (κ3) is 5.20. The molecule has 0 aliphatic rings. The average molecular weight is 327 g/mol. The first-order chi connectivity index (χ1) is 10.9. The largest absolute Gasteiger partial charge is 0.439 e. The van der Waals surface area contributed by atoms with E-state index in [-0.39, 0.29) is 24.3 Å². The van der Waals surface area contributed by atoms with Crippen molar-refractivity contribution in [1.82, 2.24) is 15.0 Å². The van der Waals surface area contributed by atoms with Crippen molar-refractivity contribution < 1.29 is 27.6 Å². The van der Waals surface area contributed by atoms with Gasteiger partial charge in [-0.05, 0) is 24.6 Å². The molecule has 0 spiro atoms. The molecule has 0 saturated heterocycles. The predicted octanol–water partition coefficient (Wildman–Crippen LogP) is 2.02. The molecular formula is C14H15F2N3O4. The Morgan fingerprint density at radius 3 is 2.61 bits per heavy atom. The number of rotatable bonds is 7. The summed E-state index contributed by atoms with van der Waals surface area (Å²) in [6, 6.07) is 6.03. The van der Waals surface area contributed by atoms with Gasteiger partial charge < -0.3 is 14.4 Å². The Morgan fingerprint density at radius 2 is 2.04 bits per heavy atom. The SMILES string of the molecule is Cc1noc(OCC(=O)N(C)Cc2ccc(OC(F)F)cc2)n1. The van der Waals surface area contributed by atoms with Gasteiger partial charge in [0.1, 0.15) is 5.75 Å². The maximum absolute atomic E-state index is 12.1. The van der Waals surface area contributed by atoms with Gasteiger partial charge in [-0.1, -0.05) is 17.3 Å². The van der Waals surface area contributed by atoms with Crippen molar-refractivity contribution in [3.8, 4) is 11.8 Å². The number of halogens is 2. The highest BCUT2D eigenvalue weighted by molar-refractivity contribution is 5.77. The van der Waals surface area contributed by atoms with Crippen molar-refractivity contribution in [2.75, 3.05) is 13.7 Å². The first-order valence-electron chi connectivity index (χ1n) is 6.65. The normalized spacial score (nSPS) is 10.7. The van der Waals surface area contributed by atoms with E-state index in [9.17, 15) is 13.6 Å². The van der Waals surface area contributed by atoms with Crippen LogP contribution in [0.5, 0.6) is 11.8 Å². The molecule has 0 saturated carbocycles. The summed E-state index contributed by atoms with van der Waals surface area (Å²) in [6.07, 6.45) is -0.0715. The number of hydrogen-bond acceptors (Lipinski definition) is 6. The molecule has 0 N–H and O–H groups in total. The Bertz CT molecular complexity index is 646. The van der Waals surface area contributed by atoms with Crippen LogP contribution in [0.1, 0.15) is 11.4 Å². The Balaban J connectivity index is 1.82. The zero-order valence-corrected chi connectivity index (χ0v) is 12.5. The summed E-state index contributed by atoms with van der Waals surface area (Å²) in [7, 11) is 1.59. The van der Waals surface area contributed by atoms with Crippen molar-refractivity contribution in [1.29, 1.82) is 0 Å². The zero-order valence-electron chi connectivity index (χ0n) is 12.5. The lowest BCUT2D eigenvalue weighted by Gasteiger charge is -2.17. The van der Waals surface area contributed by atoms with Gasteiger partial charge >= 0.3 is 12.7 Å². The van der Waals surface area contributed by atoms with Crippen LogP contribution in [0.3, 0.4) is 0 Å². The van der Waals surface area contributed by atoms with Crippen molar-refractivity contribution in [2.24, 2.45) is 0 Å². The van der Waals surface area contributed by atoms with E-state index in [2.05, 4.69) is 14.9 Å². The molecular weight excluding hydrogens is 312 g/mol. The highest BCUT2D eigenvalue weighted by atomic mass is 19.3. The van der Waals surface area contributed by atoms with Crippen LogP contribution in [-0.4, -0.2) is 41.2 Å². The molecule has 0 bridgehead atoms. The number of carbonyl (C=O) groups is 1. The van der Waals surface area contributed by atoms with E-state index >= 15 is 0 Å². The second kappa shape index (κ2) is 7.52. The minimum atomic E-state index is -2.87. The van der Waals surface area contributed by atoms with Crippen LogP contribution >= 0.6 is 0 Å². The van der Waals surface area contributed by atoms with Crippen molar-refractivity contribution >= 4 is 5.91 Å². The molecule has 124 valence electrons. The lowest BCUT2D eigenvalue weighted by Crippen LogP contribution is -2.31. The van der Waals surface area contributed by atoms with E-state index < -0.39 is 6.61 Å². The number of aryl methyl sites for hydroxylation is 1. The predicted molar refractivity (Wildman–Crippen MR) is 74.1 cm³/mol. The standard InChI is InChI=1S/C14H15F2N3O4/c1-9-17-14(23-18-9)21-8-12(20)19(2)7-10-3-5-11(6-4-10)22-13(15)16/h3-6,13H,7-8H2,1-2H3. The minimum Gasteiger partial charge on any atom is -0.439 e. The van der Waals surface area contributed by atoms with Crippen molar-refractivity contribution in [3.05, 3.63) is 35.7 Å². The van der Waals surface area contributed by atoms with Crippen LogP contribution in [0.25, 0.3) is 0 Å². The number of carbonyl (C=O) groups excluding carboxylic acids is 1. The number of nitrogens with zero attached hydrogens (tertiary/aromatic N) is 3. The number of ether oxygens (including phenoxy) is 2. The van der Waals surface area contributed by atoms with Crippen LogP contribution in [0, 0.1) is 6.92 Å². The fourth-order valence-electron chi connectivity index (χ4n) is 1.71. The molecule has 0 aliphatic carbocycles. The molecule has 2 aromatic rings. The van der Waals surface area contributed by atoms with Crippen LogP contribution < -0.4 is 9.47 Å². The molecule has 0 fully saturated rings. The van der Waals surface area contributed by atoms with Crippen LogP contribution in [-0.2, 0) is 11.3 Å². The maximum Gasteiger partial charge on any atom is 0.417 e. The Labute approximate surface area is 130 Å². The first-order valence-corrected chi connectivity index (χ1v) is 6.65. The number of aromatic nitrogens is 2. The van der Waals surface area contributed by atoms with Crippen LogP contribution in [0.2, 0.25) is 0 Å². The van der Waals surface area contributed by atoms with Gasteiger partial charge in [0.15, 0.2) is 12.4 Å². The number of hydrogen-bond donors (Lipinski definition) is 0. The van der Waals surface area contributed by atoms with Crippen LogP contribution in [0.4, 0.5) is 8.78 Å². The van der Waals surface area contributed by atoms with Gasteiger partial charge in [0.05, 0.1) is 0 Å². The highest BCUT2D eigenvalue weighted by Gasteiger charge is 2.13. The van der Waals surface area contributed by atoms with Gasteiger partial charge in [-0.3, -0.25) is 9.32 Å². The molecule has 0 aliphatic heterocycles. The first kappa shape index (κ1) is 16.7. The summed E-state index contributed by atoms with van der Waals surface area (Å²) in [5.74, 6) is 0.175. The second-order valence-corrected chi connectivity index (χ2v) is 4.67. The highest BCUT2D eigenvalue weighted by Crippen LogP contribution is 2.16. The maximum atomic E-state index is 12.1. The molecule has 2 rings (SSSR count). The molecule has 23 heavy (non-hydrogen) atoms. The third-order valence-electron chi connectivity index (χ3n) is 2.82.